The van der Waals surface area contributed by atoms with Crippen molar-refractivity contribution in [2.45, 2.75) is 82.9 Å². The van der Waals surface area contributed by atoms with E-state index in [1.807, 2.05) is 14.0 Å². The topological polar surface area (TPSA) is 72.0 Å². The number of nitrogens with zero attached hydrogens (tertiary/aromatic N) is 1. The van der Waals surface area contributed by atoms with Crippen molar-refractivity contribution in [1.29, 1.82) is 0 Å². The van der Waals surface area contributed by atoms with Gasteiger partial charge in [-0.05, 0) is 51.9 Å². The maximum Gasteiger partial charge on any atom is 0.308 e. The fourth-order valence-electron chi connectivity index (χ4n) is 6.15. The maximum atomic E-state index is 11.9. The molecule has 3 saturated carbocycles. The molecular weight excluding hydrogens is 469 g/mol. The van der Waals surface area contributed by atoms with Crippen LogP contribution in [0.4, 0.5) is 0 Å². The summed E-state index contributed by atoms with van der Waals surface area (Å²) in [6.07, 6.45) is 10.7. The van der Waals surface area contributed by atoms with Crippen molar-refractivity contribution in [3.63, 3.8) is 0 Å². The molecule has 1 heterocycles. The molecule has 3 unspecified atom stereocenters. The van der Waals surface area contributed by atoms with Crippen LogP contribution < -0.4 is 10.6 Å². The number of hydrogen-bond donors (Lipinski definition) is 2. The molecule has 0 bridgehead atoms. The summed E-state index contributed by atoms with van der Waals surface area (Å²) in [6, 6.07) is 0.881. The first-order valence-corrected chi connectivity index (χ1v) is 11.0. The lowest BCUT2D eigenvalue weighted by molar-refractivity contribution is -0.149. The van der Waals surface area contributed by atoms with Crippen LogP contribution in [0.2, 0.25) is 0 Å². The highest BCUT2D eigenvalue weighted by Gasteiger charge is 2.65. The van der Waals surface area contributed by atoms with E-state index in [1.54, 1.807) is 0 Å². The number of carbonyl (C=O) groups is 1. The van der Waals surface area contributed by atoms with Crippen LogP contribution in [0, 0.1) is 17.3 Å². The Kier molecular flexibility index (Phi) is 7.50. The summed E-state index contributed by atoms with van der Waals surface area (Å²) in [5, 5.41) is 7.40. The van der Waals surface area contributed by atoms with Gasteiger partial charge in [-0.25, -0.2) is 0 Å². The Bertz CT molecular complexity index is 571. The average Bonchev–Trinajstić information content (AvgIpc) is 3.34. The smallest absolute Gasteiger partial charge is 0.308 e. The number of fused-ring (bicyclic) bond motifs is 2. The Hall–Kier alpha value is -0.570. The number of rotatable bonds is 4. The Morgan fingerprint density at radius 2 is 1.86 bits per heavy atom. The van der Waals surface area contributed by atoms with Gasteiger partial charge >= 0.3 is 5.97 Å². The third kappa shape index (κ3) is 4.02. The van der Waals surface area contributed by atoms with Crippen molar-refractivity contribution in [3.8, 4) is 0 Å². The van der Waals surface area contributed by atoms with Crippen molar-refractivity contribution >= 4 is 35.9 Å². The maximum absolute atomic E-state index is 11.9. The molecule has 2 N–H and O–H groups in total. The minimum atomic E-state index is -0.0247. The highest BCUT2D eigenvalue weighted by atomic mass is 127. The van der Waals surface area contributed by atoms with Gasteiger partial charge in [-0.15, -0.1) is 24.0 Å². The lowest BCUT2D eigenvalue weighted by Crippen LogP contribution is -2.69. The van der Waals surface area contributed by atoms with E-state index in [4.69, 9.17) is 9.47 Å². The minimum Gasteiger partial charge on any atom is -0.466 e. The molecule has 4 aliphatic rings. The number of ether oxygens (including phenoxy) is 2. The van der Waals surface area contributed by atoms with E-state index in [1.165, 1.54) is 32.1 Å². The van der Waals surface area contributed by atoms with Gasteiger partial charge in [-0.2, -0.15) is 0 Å². The van der Waals surface area contributed by atoms with E-state index in [2.05, 4.69) is 15.6 Å². The Labute approximate surface area is 186 Å². The number of esters is 1. The highest BCUT2D eigenvalue weighted by Crippen LogP contribution is 2.60. The van der Waals surface area contributed by atoms with E-state index in [-0.39, 0.29) is 35.9 Å². The molecule has 1 spiro atoms. The molecule has 0 amide bonds. The summed E-state index contributed by atoms with van der Waals surface area (Å²) in [7, 11) is 1.86. The second-order valence-corrected chi connectivity index (χ2v) is 8.82. The number of aliphatic imine (C=N–C) groups is 1. The van der Waals surface area contributed by atoms with E-state index in [0.29, 0.717) is 36.1 Å². The number of nitrogens with one attached hydrogen (secondary N) is 2. The average molecular weight is 505 g/mol. The first-order chi connectivity index (χ1) is 13.2. The van der Waals surface area contributed by atoms with Crippen LogP contribution in [-0.4, -0.2) is 50.4 Å². The van der Waals surface area contributed by atoms with E-state index >= 15 is 0 Å². The molecule has 1 saturated heterocycles. The summed E-state index contributed by atoms with van der Waals surface area (Å²) < 4.78 is 11.3. The number of hydrogen-bond acceptors (Lipinski definition) is 4. The quantitative estimate of drug-likeness (QED) is 0.266. The molecule has 3 atom stereocenters. The number of carbonyl (C=O) groups excluding carboxylic acids is 1. The molecule has 0 radical (unpaired) electrons. The molecule has 28 heavy (non-hydrogen) atoms. The molecule has 0 aromatic heterocycles. The van der Waals surface area contributed by atoms with Gasteiger partial charge in [0.2, 0.25) is 0 Å². The van der Waals surface area contributed by atoms with Crippen molar-refractivity contribution in [2.75, 3.05) is 20.3 Å². The van der Waals surface area contributed by atoms with E-state index in [9.17, 15) is 4.79 Å². The monoisotopic (exact) mass is 505 g/mol. The van der Waals surface area contributed by atoms with Crippen LogP contribution in [0.3, 0.4) is 0 Å². The molecule has 1 aliphatic heterocycles. The third-order valence-electron chi connectivity index (χ3n) is 7.49. The third-order valence-corrected chi connectivity index (χ3v) is 7.49. The summed E-state index contributed by atoms with van der Waals surface area (Å²) in [5.74, 6) is 1.61. The molecule has 4 rings (SSSR count). The molecule has 0 aromatic rings. The minimum absolute atomic E-state index is 0. The fraction of sp³-hybridized carbons (Fsp3) is 0.905. The van der Waals surface area contributed by atoms with Gasteiger partial charge in [0.1, 0.15) is 0 Å². The zero-order valence-corrected chi connectivity index (χ0v) is 19.6. The van der Waals surface area contributed by atoms with Crippen LogP contribution in [0.1, 0.15) is 64.7 Å². The molecule has 3 aliphatic carbocycles. The summed E-state index contributed by atoms with van der Waals surface area (Å²) in [4.78, 5) is 16.5. The van der Waals surface area contributed by atoms with Gasteiger partial charge in [0.25, 0.3) is 0 Å². The number of guanidine groups is 1. The van der Waals surface area contributed by atoms with Gasteiger partial charge < -0.3 is 20.1 Å². The van der Waals surface area contributed by atoms with Crippen molar-refractivity contribution in [3.05, 3.63) is 0 Å². The zero-order chi connectivity index (χ0) is 18.9. The Morgan fingerprint density at radius 3 is 2.50 bits per heavy atom. The second kappa shape index (κ2) is 9.49. The van der Waals surface area contributed by atoms with Crippen LogP contribution in [-0.2, 0) is 14.3 Å². The van der Waals surface area contributed by atoms with Crippen LogP contribution in [0.5, 0.6) is 0 Å². The Morgan fingerprint density at radius 1 is 1.14 bits per heavy atom. The van der Waals surface area contributed by atoms with Gasteiger partial charge in [0.05, 0.1) is 18.6 Å². The predicted molar refractivity (Wildman–Crippen MR) is 120 cm³/mol. The summed E-state index contributed by atoms with van der Waals surface area (Å²) >= 11 is 0. The molecule has 0 aromatic carbocycles. The lowest BCUT2D eigenvalue weighted by atomic mass is 9.54. The van der Waals surface area contributed by atoms with Crippen LogP contribution in [0.25, 0.3) is 0 Å². The first kappa shape index (κ1) is 22.1. The summed E-state index contributed by atoms with van der Waals surface area (Å²) in [5.41, 5.74) is 0.334. The van der Waals surface area contributed by atoms with Crippen LogP contribution >= 0.6 is 24.0 Å². The van der Waals surface area contributed by atoms with Gasteiger partial charge in [0.15, 0.2) is 5.96 Å². The first-order valence-electron chi connectivity index (χ1n) is 11.0. The summed E-state index contributed by atoms with van der Waals surface area (Å²) in [6.45, 7) is 3.26. The molecule has 160 valence electrons. The second-order valence-electron chi connectivity index (χ2n) is 8.82. The van der Waals surface area contributed by atoms with Gasteiger partial charge in [-0.1, -0.05) is 12.8 Å². The molecule has 4 fully saturated rings. The van der Waals surface area contributed by atoms with Crippen molar-refractivity contribution in [2.24, 2.45) is 22.2 Å². The van der Waals surface area contributed by atoms with Crippen molar-refractivity contribution in [1.82, 2.24) is 10.6 Å². The van der Waals surface area contributed by atoms with E-state index < -0.39 is 0 Å². The normalized spacial score (nSPS) is 36.2. The fourth-order valence-corrected chi connectivity index (χ4v) is 6.15. The van der Waals surface area contributed by atoms with Gasteiger partial charge in [0, 0.05) is 37.1 Å². The van der Waals surface area contributed by atoms with Crippen LogP contribution in [0.15, 0.2) is 4.99 Å². The lowest BCUT2D eigenvalue weighted by Gasteiger charge is -2.57. The standard InChI is InChI=1S/C21H35N3O3.HI/c1-3-26-19(25)14-6-8-15(9-7-14)23-20(22-2)24-17-16-10-13-27-18(16)21(17)11-4-5-12-21;/h14-18H,3-13H2,1-2H3,(H2,22,23,24);1H. The largest absolute Gasteiger partial charge is 0.466 e. The zero-order valence-electron chi connectivity index (χ0n) is 17.2. The van der Waals surface area contributed by atoms with E-state index in [0.717, 1.165) is 38.2 Å². The molecule has 6 nitrogen and oxygen atoms in total. The highest BCUT2D eigenvalue weighted by molar-refractivity contribution is 14.0. The molecular formula is C21H36IN3O3. The SMILES string of the molecule is CCOC(=O)C1CCC(NC(=NC)NC2C3CCOC3C23CCCC3)CC1.I. The van der Waals surface area contributed by atoms with Gasteiger partial charge in [-0.3, -0.25) is 9.79 Å². The number of halogens is 1. The molecule has 7 heteroatoms. The predicted octanol–water partition coefficient (Wildman–Crippen LogP) is 3.24. The Balaban J connectivity index is 0.00000225. The van der Waals surface area contributed by atoms with Crippen molar-refractivity contribution < 1.29 is 14.3 Å².